The normalized spacial score (nSPS) is 17.1. The van der Waals surface area contributed by atoms with E-state index in [2.05, 4.69) is 10.2 Å². The van der Waals surface area contributed by atoms with Gasteiger partial charge in [-0.05, 0) is 61.9 Å². The summed E-state index contributed by atoms with van der Waals surface area (Å²) < 4.78 is 60.9. The molecule has 0 unspecified atom stereocenters. The summed E-state index contributed by atoms with van der Waals surface area (Å²) in [6.45, 7) is 2.92. The van der Waals surface area contributed by atoms with E-state index in [4.69, 9.17) is 14.9 Å². The Balaban J connectivity index is 1.51. The number of ether oxygens (including phenoxy) is 1. The minimum Gasteiger partial charge on any atom is -0.457 e. The SMILES string of the molecule is CC(C)(c1nnc(-c2ccc3c(c2)N(Cc2ccc(Oc4ccccc4)cc2)C(=O)[C@@H](N)CS3(=O)=O)o1)S(C)(=O)=O. The van der Waals surface area contributed by atoms with Crippen LogP contribution in [-0.2, 0) is 35.8 Å². The van der Waals surface area contributed by atoms with Crippen molar-refractivity contribution in [2.45, 2.75) is 36.1 Å². The van der Waals surface area contributed by atoms with Crippen molar-refractivity contribution < 1.29 is 30.8 Å². The van der Waals surface area contributed by atoms with Crippen LogP contribution in [0.4, 0.5) is 5.69 Å². The fourth-order valence-electron chi connectivity index (χ4n) is 4.22. The summed E-state index contributed by atoms with van der Waals surface area (Å²) in [7, 11) is -7.50. The van der Waals surface area contributed by atoms with Crippen LogP contribution in [0.15, 0.2) is 82.1 Å². The number of nitrogens with zero attached hydrogens (tertiary/aromatic N) is 3. The quantitative estimate of drug-likeness (QED) is 0.334. The monoisotopic (exact) mass is 596 g/mol. The van der Waals surface area contributed by atoms with Crippen LogP contribution in [-0.4, -0.2) is 51.0 Å². The largest absolute Gasteiger partial charge is 0.457 e. The zero-order chi connectivity index (χ0) is 29.6. The predicted molar refractivity (Wildman–Crippen MR) is 152 cm³/mol. The van der Waals surface area contributed by atoms with Gasteiger partial charge >= 0.3 is 0 Å². The van der Waals surface area contributed by atoms with Crippen LogP contribution in [0, 0.1) is 0 Å². The fourth-order valence-corrected chi connectivity index (χ4v) is 6.17. The van der Waals surface area contributed by atoms with E-state index in [1.165, 1.54) is 36.9 Å². The number of nitrogens with two attached hydrogens (primary N) is 1. The lowest BCUT2D eigenvalue weighted by atomic mass is 10.1. The molecule has 1 aliphatic rings. The molecular formula is C28H28N4O7S2. The number of fused-ring (bicyclic) bond motifs is 1. The second-order valence-electron chi connectivity index (χ2n) is 10.2. The third-order valence-electron chi connectivity index (χ3n) is 6.92. The number of hydrogen-bond donors (Lipinski definition) is 1. The summed E-state index contributed by atoms with van der Waals surface area (Å²) in [6, 6.07) is 19.3. The molecule has 1 aromatic heterocycles. The predicted octanol–water partition coefficient (Wildman–Crippen LogP) is 3.46. The van der Waals surface area contributed by atoms with Gasteiger partial charge in [0, 0.05) is 11.8 Å². The highest BCUT2D eigenvalue weighted by Crippen LogP contribution is 2.36. The minimum absolute atomic E-state index is 0.0275. The van der Waals surface area contributed by atoms with Gasteiger partial charge in [-0.2, -0.15) is 0 Å². The van der Waals surface area contributed by atoms with Gasteiger partial charge in [-0.3, -0.25) is 4.79 Å². The number of carbonyl (C=O) groups is 1. The molecule has 13 heteroatoms. The van der Waals surface area contributed by atoms with Crippen molar-refractivity contribution in [1.29, 1.82) is 0 Å². The highest BCUT2D eigenvalue weighted by molar-refractivity contribution is 7.92. The molecule has 3 aromatic carbocycles. The molecule has 0 fully saturated rings. The van der Waals surface area contributed by atoms with E-state index >= 15 is 0 Å². The van der Waals surface area contributed by atoms with Crippen LogP contribution < -0.4 is 15.4 Å². The van der Waals surface area contributed by atoms with Gasteiger partial charge in [0.1, 0.15) is 16.2 Å². The average Bonchev–Trinajstić information content (AvgIpc) is 3.41. The van der Waals surface area contributed by atoms with E-state index in [0.29, 0.717) is 22.6 Å². The maximum atomic E-state index is 13.4. The van der Waals surface area contributed by atoms with Gasteiger partial charge in [0.25, 0.3) is 0 Å². The lowest BCUT2D eigenvalue weighted by Crippen LogP contribution is -2.45. The summed E-state index contributed by atoms with van der Waals surface area (Å²) in [5.74, 6) is -0.00617. The number of carbonyl (C=O) groups excluding carboxylic acids is 1. The molecule has 0 aliphatic carbocycles. The molecule has 0 bridgehead atoms. The standard InChI is InChI=1S/C28H28N4O7S2/c1-28(2,40(3,34)35)27-31-30-25(39-27)19-11-14-24-23(15-19)32(26(33)22(29)17-41(24,36)37)16-18-9-12-21(13-10-18)38-20-7-5-4-6-8-20/h4-15,22H,16-17,29H2,1-3H3/t22-/m0/s1. The molecule has 1 amide bonds. The summed E-state index contributed by atoms with van der Waals surface area (Å²) in [6.07, 6.45) is 1.07. The lowest BCUT2D eigenvalue weighted by Gasteiger charge is -2.24. The minimum atomic E-state index is -3.92. The van der Waals surface area contributed by atoms with Crippen LogP contribution >= 0.6 is 0 Å². The number of hydrogen-bond acceptors (Lipinski definition) is 10. The Hall–Kier alpha value is -4.07. The molecule has 2 heterocycles. The van der Waals surface area contributed by atoms with Crippen molar-refractivity contribution in [3.63, 3.8) is 0 Å². The highest BCUT2D eigenvalue weighted by atomic mass is 32.2. The maximum absolute atomic E-state index is 13.4. The van der Waals surface area contributed by atoms with E-state index < -0.39 is 42.1 Å². The van der Waals surface area contributed by atoms with Crippen molar-refractivity contribution in [2.75, 3.05) is 16.9 Å². The Morgan fingerprint density at radius 1 is 1.02 bits per heavy atom. The summed E-state index contributed by atoms with van der Waals surface area (Å²) >= 11 is 0. The van der Waals surface area contributed by atoms with Gasteiger partial charge in [-0.25, -0.2) is 16.8 Å². The van der Waals surface area contributed by atoms with E-state index in [9.17, 15) is 21.6 Å². The number of benzene rings is 3. The van der Waals surface area contributed by atoms with E-state index in [1.54, 1.807) is 24.3 Å². The second-order valence-corrected chi connectivity index (χ2v) is 14.8. The second kappa shape index (κ2) is 10.4. The first-order valence-electron chi connectivity index (χ1n) is 12.6. The van der Waals surface area contributed by atoms with Crippen LogP contribution in [0.1, 0.15) is 25.3 Å². The van der Waals surface area contributed by atoms with Crippen molar-refractivity contribution in [1.82, 2.24) is 10.2 Å². The van der Waals surface area contributed by atoms with Gasteiger partial charge in [0.2, 0.25) is 17.7 Å². The van der Waals surface area contributed by atoms with Crippen LogP contribution in [0.2, 0.25) is 0 Å². The van der Waals surface area contributed by atoms with Crippen molar-refractivity contribution in [3.8, 4) is 23.0 Å². The zero-order valence-corrected chi connectivity index (χ0v) is 24.1. The third kappa shape index (κ3) is 5.60. The Morgan fingerprint density at radius 3 is 2.34 bits per heavy atom. The highest BCUT2D eigenvalue weighted by Gasteiger charge is 2.39. The first-order valence-corrected chi connectivity index (χ1v) is 16.1. The lowest BCUT2D eigenvalue weighted by molar-refractivity contribution is -0.119. The number of rotatable bonds is 7. The number of amides is 1. The Labute approximate surface area is 237 Å². The molecule has 1 atom stereocenters. The summed E-state index contributed by atoms with van der Waals surface area (Å²) in [5, 5.41) is 7.90. The first-order chi connectivity index (χ1) is 19.3. The zero-order valence-electron chi connectivity index (χ0n) is 22.5. The molecule has 0 radical (unpaired) electrons. The molecule has 0 saturated heterocycles. The van der Waals surface area contributed by atoms with Gasteiger partial charge in [0.05, 0.1) is 28.9 Å². The molecule has 11 nitrogen and oxygen atoms in total. The number of para-hydroxylation sites is 1. The Kier molecular flexibility index (Phi) is 7.22. The van der Waals surface area contributed by atoms with Crippen LogP contribution in [0.5, 0.6) is 11.5 Å². The summed E-state index contributed by atoms with van der Waals surface area (Å²) in [4.78, 5) is 14.6. The number of anilines is 1. The summed E-state index contributed by atoms with van der Waals surface area (Å²) in [5.41, 5.74) is 7.16. The van der Waals surface area contributed by atoms with E-state index in [-0.39, 0.29) is 28.9 Å². The topological polar surface area (TPSA) is 163 Å². The first kappa shape index (κ1) is 28.5. The van der Waals surface area contributed by atoms with Gasteiger partial charge in [-0.15, -0.1) is 10.2 Å². The number of sulfone groups is 2. The maximum Gasteiger partial charge on any atom is 0.247 e. The molecule has 0 saturated carbocycles. The third-order valence-corrected chi connectivity index (χ3v) is 10.8. The molecule has 4 aromatic rings. The van der Waals surface area contributed by atoms with E-state index in [0.717, 1.165) is 6.26 Å². The molecule has 2 N–H and O–H groups in total. The van der Waals surface area contributed by atoms with Crippen molar-refractivity contribution >= 4 is 31.3 Å². The Bertz CT molecular complexity index is 1820. The van der Waals surface area contributed by atoms with Crippen molar-refractivity contribution in [2.24, 2.45) is 5.73 Å². The Morgan fingerprint density at radius 2 is 1.68 bits per heavy atom. The van der Waals surface area contributed by atoms with Gasteiger partial charge in [-0.1, -0.05) is 30.3 Å². The van der Waals surface area contributed by atoms with Gasteiger partial charge < -0.3 is 19.8 Å². The molecular weight excluding hydrogens is 568 g/mol. The average molecular weight is 597 g/mol. The fraction of sp³-hybridized carbons (Fsp3) is 0.250. The van der Waals surface area contributed by atoms with Crippen molar-refractivity contribution in [3.05, 3.63) is 84.3 Å². The van der Waals surface area contributed by atoms with Gasteiger partial charge in [0.15, 0.2) is 19.7 Å². The molecule has 41 heavy (non-hydrogen) atoms. The molecule has 214 valence electrons. The molecule has 5 rings (SSSR count). The van der Waals surface area contributed by atoms with Crippen LogP contribution in [0.25, 0.3) is 11.5 Å². The smallest absolute Gasteiger partial charge is 0.247 e. The number of aromatic nitrogens is 2. The molecule has 1 aliphatic heterocycles. The van der Waals surface area contributed by atoms with E-state index in [1.807, 2.05) is 30.3 Å². The molecule has 0 spiro atoms. The van der Waals surface area contributed by atoms with Crippen LogP contribution in [0.3, 0.4) is 0 Å².